The van der Waals surface area contributed by atoms with Crippen LogP contribution in [0.25, 0.3) is 0 Å². The van der Waals surface area contributed by atoms with Crippen LogP contribution in [0.3, 0.4) is 0 Å². The molecule has 0 spiro atoms. The minimum atomic E-state index is -1.40. The summed E-state index contributed by atoms with van der Waals surface area (Å²) in [6.45, 7) is 17.7. The maximum atomic E-state index is 13.1. The zero-order valence-electron chi connectivity index (χ0n) is 19.9. The maximum Gasteiger partial charge on any atom is 0.410 e. The second kappa shape index (κ2) is 9.52. The first-order chi connectivity index (χ1) is 14.2. The summed E-state index contributed by atoms with van der Waals surface area (Å²) in [6, 6.07) is 2.88. The van der Waals surface area contributed by atoms with Crippen LogP contribution < -0.4 is 4.90 Å². The van der Waals surface area contributed by atoms with E-state index in [-0.39, 0.29) is 29.5 Å². The fraction of sp³-hybridized carbons (Fsp3) is 0.714. The normalized spacial score (nSPS) is 18.8. The van der Waals surface area contributed by atoms with Crippen molar-refractivity contribution in [3.63, 3.8) is 0 Å². The molecule has 174 valence electrons. The molecule has 1 aliphatic heterocycles. The van der Waals surface area contributed by atoms with Crippen molar-refractivity contribution in [2.24, 2.45) is 5.41 Å². The predicted octanol–water partition coefficient (Wildman–Crippen LogP) is 3.83. The van der Waals surface area contributed by atoms with Crippen molar-refractivity contribution in [2.45, 2.75) is 72.4 Å². The van der Waals surface area contributed by atoms with Gasteiger partial charge in [-0.05, 0) is 55.3 Å². The SMILES string of the molecule is C[SiH](C)OC([C@H]1CN(c2ccc([N+](=O)[O-])nc2)CCN1C(=O)OC(C)(C)C)C(C)(C)C. The molecule has 2 rings (SSSR count). The average Bonchev–Trinajstić information content (AvgIpc) is 2.63. The van der Waals surface area contributed by atoms with Crippen molar-refractivity contribution in [3.05, 3.63) is 28.4 Å². The number of nitrogens with zero attached hydrogens (tertiary/aromatic N) is 4. The quantitative estimate of drug-likeness (QED) is 0.380. The molecule has 31 heavy (non-hydrogen) atoms. The summed E-state index contributed by atoms with van der Waals surface area (Å²) in [7, 11) is -1.40. The van der Waals surface area contributed by atoms with E-state index in [1.54, 1.807) is 11.0 Å². The number of carbonyl (C=O) groups excluding carboxylic acids is 1. The smallest absolute Gasteiger partial charge is 0.410 e. The molecule has 10 heteroatoms. The first kappa shape index (κ1) is 25.1. The molecule has 1 aromatic rings. The number of nitro groups is 1. The third kappa shape index (κ3) is 6.89. The Morgan fingerprint density at radius 2 is 1.87 bits per heavy atom. The Bertz CT molecular complexity index is 773. The van der Waals surface area contributed by atoms with Crippen molar-refractivity contribution >= 4 is 26.6 Å². The molecule has 0 aromatic carbocycles. The van der Waals surface area contributed by atoms with E-state index in [2.05, 4.69) is 43.7 Å². The Morgan fingerprint density at radius 1 is 1.23 bits per heavy atom. The fourth-order valence-electron chi connectivity index (χ4n) is 3.69. The zero-order valence-corrected chi connectivity index (χ0v) is 21.1. The highest BCUT2D eigenvalue weighted by Crippen LogP contribution is 2.32. The molecule has 0 radical (unpaired) electrons. The lowest BCUT2D eigenvalue weighted by Gasteiger charge is -2.49. The molecular weight excluding hydrogens is 416 g/mol. The number of ether oxygens (including phenoxy) is 1. The van der Waals surface area contributed by atoms with Gasteiger partial charge in [0.25, 0.3) is 0 Å². The molecule has 1 unspecified atom stereocenters. The first-order valence-electron chi connectivity index (χ1n) is 10.7. The number of piperazine rings is 1. The Balaban J connectivity index is 2.36. The summed E-state index contributed by atoms with van der Waals surface area (Å²) in [5.74, 6) is -0.186. The molecule has 0 N–H and O–H groups in total. The second-order valence-corrected chi connectivity index (χ2v) is 12.7. The van der Waals surface area contributed by atoms with Crippen molar-refractivity contribution < 1.29 is 18.9 Å². The van der Waals surface area contributed by atoms with E-state index >= 15 is 0 Å². The van der Waals surface area contributed by atoms with Gasteiger partial charge in [0.1, 0.15) is 5.60 Å². The number of aromatic nitrogens is 1. The maximum absolute atomic E-state index is 13.1. The number of rotatable bonds is 5. The van der Waals surface area contributed by atoms with Gasteiger partial charge in [0, 0.05) is 25.7 Å². The Hall–Kier alpha value is -2.20. The van der Waals surface area contributed by atoms with Crippen LogP contribution in [-0.4, -0.2) is 67.3 Å². The number of pyridine rings is 1. The molecule has 1 amide bonds. The van der Waals surface area contributed by atoms with Crippen LogP contribution in [0.5, 0.6) is 0 Å². The summed E-state index contributed by atoms with van der Waals surface area (Å²) in [4.78, 5) is 31.3. The summed E-state index contributed by atoms with van der Waals surface area (Å²) in [5.41, 5.74) is -0.000826. The zero-order chi connectivity index (χ0) is 23.6. The minimum Gasteiger partial charge on any atom is -0.444 e. The predicted molar refractivity (Wildman–Crippen MR) is 123 cm³/mol. The van der Waals surface area contributed by atoms with Crippen LogP contribution in [0.1, 0.15) is 41.5 Å². The van der Waals surface area contributed by atoms with E-state index < -0.39 is 19.6 Å². The Kier molecular flexibility index (Phi) is 7.69. The first-order valence-corrected chi connectivity index (χ1v) is 13.5. The molecule has 1 fully saturated rings. The largest absolute Gasteiger partial charge is 0.444 e. The molecule has 0 bridgehead atoms. The van der Waals surface area contributed by atoms with Crippen molar-refractivity contribution in [2.75, 3.05) is 24.5 Å². The van der Waals surface area contributed by atoms with E-state index in [9.17, 15) is 14.9 Å². The van der Waals surface area contributed by atoms with Crippen LogP contribution in [-0.2, 0) is 9.16 Å². The standard InChI is InChI=1S/C21H36N4O5Si/c1-20(2,3)18(30-31(7)8)16-14-23(15-9-10-17(22-13-15)25(27)28)11-12-24(16)19(26)29-21(4,5)6/h9-10,13,16,18,31H,11-12,14H2,1-8H3/t16-,18?/m1/s1. The van der Waals surface area contributed by atoms with E-state index in [0.29, 0.717) is 19.6 Å². The minimum absolute atomic E-state index is 0.180. The molecular formula is C21H36N4O5Si. The lowest BCUT2D eigenvalue weighted by molar-refractivity contribution is -0.389. The van der Waals surface area contributed by atoms with Gasteiger partial charge in [0.05, 0.1) is 17.8 Å². The average molecular weight is 453 g/mol. The second-order valence-electron chi connectivity index (χ2n) is 10.3. The highest BCUT2D eigenvalue weighted by molar-refractivity contribution is 6.48. The molecule has 9 nitrogen and oxygen atoms in total. The Morgan fingerprint density at radius 3 is 2.32 bits per heavy atom. The van der Waals surface area contributed by atoms with E-state index in [1.165, 1.54) is 12.3 Å². The van der Waals surface area contributed by atoms with Gasteiger partial charge in [0.15, 0.2) is 15.2 Å². The van der Waals surface area contributed by atoms with E-state index in [4.69, 9.17) is 9.16 Å². The number of amides is 1. The lowest BCUT2D eigenvalue weighted by atomic mass is 9.83. The summed E-state index contributed by atoms with van der Waals surface area (Å²) < 4.78 is 12.2. The molecule has 0 aliphatic carbocycles. The molecule has 1 saturated heterocycles. The van der Waals surface area contributed by atoms with Crippen LogP contribution in [0, 0.1) is 15.5 Å². The Labute approximate surface area is 186 Å². The molecule has 0 saturated carbocycles. The molecule has 1 aliphatic rings. The van der Waals surface area contributed by atoms with Gasteiger partial charge in [0.2, 0.25) is 0 Å². The number of anilines is 1. The summed E-state index contributed by atoms with van der Waals surface area (Å²) >= 11 is 0. The molecule has 2 heterocycles. The third-order valence-electron chi connectivity index (χ3n) is 4.95. The van der Waals surface area contributed by atoms with Gasteiger partial charge in [-0.2, -0.15) is 0 Å². The van der Waals surface area contributed by atoms with Gasteiger partial charge >= 0.3 is 11.9 Å². The topological polar surface area (TPSA) is 98.0 Å². The number of hydrogen-bond acceptors (Lipinski definition) is 7. The number of hydrogen-bond donors (Lipinski definition) is 0. The van der Waals surface area contributed by atoms with Gasteiger partial charge < -0.3 is 24.2 Å². The monoisotopic (exact) mass is 452 g/mol. The number of carbonyl (C=O) groups is 1. The van der Waals surface area contributed by atoms with E-state index in [1.807, 2.05) is 20.8 Å². The van der Waals surface area contributed by atoms with Crippen molar-refractivity contribution in [1.82, 2.24) is 9.88 Å². The van der Waals surface area contributed by atoms with Gasteiger partial charge in [-0.3, -0.25) is 4.90 Å². The van der Waals surface area contributed by atoms with Crippen LogP contribution >= 0.6 is 0 Å². The lowest BCUT2D eigenvalue weighted by Crippen LogP contribution is -2.63. The van der Waals surface area contributed by atoms with E-state index in [0.717, 1.165) is 5.69 Å². The summed E-state index contributed by atoms with van der Waals surface area (Å²) in [5, 5.41) is 10.9. The van der Waals surface area contributed by atoms with Crippen LogP contribution in [0.15, 0.2) is 18.3 Å². The van der Waals surface area contributed by atoms with Crippen LogP contribution in [0.4, 0.5) is 16.3 Å². The van der Waals surface area contributed by atoms with Crippen LogP contribution in [0.2, 0.25) is 13.1 Å². The van der Waals surface area contributed by atoms with Crippen molar-refractivity contribution in [1.29, 1.82) is 0 Å². The van der Waals surface area contributed by atoms with Gasteiger partial charge in [-0.15, -0.1) is 0 Å². The highest BCUT2D eigenvalue weighted by Gasteiger charge is 2.43. The van der Waals surface area contributed by atoms with Crippen molar-refractivity contribution in [3.8, 4) is 0 Å². The van der Waals surface area contributed by atoms with Gasteiger partial charge in [-0.1, -0.05) is 20.8 Å². The van der Waals surface area contributed by atoms with Gasteiger partial charge in [-0.25, -0.2) is 4.79 Å². The highest BCUT2D eigenvalue weighted by atomic mass is 28.3. The molecule has 1 aromatic heterocycles. The molecule has 2 atom stereocenters. The third-order valence-corrected chi connectivity index (χ3v) is 5.79. The summed E-state index contributed by atoms with van der Waals surface area (Å²) in [6.07, 6.45) is 0.991. The fourth-order valence-corrected chi connectivity index (χ4v) is 4.87.